The molecule has 0 amide bonds. The van der Waals surface area contributed by atoms with E-state index in [0.717, 1.165) is 0 Å². The average molecular weight is 333 g/mol. The van der Waals surface area contributed by atoms with Gasteiger partial charge in [0.1, 0.15) is 7.05 Å². The summed E-state index contributed by atoms with van der Waals surface area (Å²) in [4.78, 5) is 0. The number of aromatic nitrogens is 1. The van der Waals surface area contributed by atoms with Crippen molar-refractivity contribution >= 4 is 0 Å². The van der Waals surface area contributed by atoms with E-state index in [0.29, 0.717) is 0 Å². The van der Waals surface area contributed by atoms with Crippen LogP contribution < -0.4 is 28.5 Å². The molecule has 0 N–H and O–H groups in total. The van der Waals surface area contributed by atoms with Gasteiger partial charge >= 0.3 is 0 Å². The average Bonchev–Trinajstić information content (AvgIpc) is 2.26. The summed E-state index contributed by atoms with van der Waals surface area (Å²) in [5.74, 6) is 0. The summed E-state index contributed by atoms with van der Waals surface area (Å²) in [6.45, 7) is 2.27. The molecule has 0 radical (unpaired) electrons. The Kier molecular flexibility index (Phi) is 9.99. The largest absolute Gasteiger partial charge is 1.00 e. The summed E-state index contributed by atoms with van der Waals surface area (Å²) in [6, 6.07) is 4.46. The number of pyridine rings is 1. The second-order valence-corrected chi connectivity index (χ2v) is 4.39. The van der Waals surface area contributed by atoms with E-state index in [2.05, 4.69) is 43.1 Å². The topological polar surface area (TPSA) is 3.88 Å². The maximum atomic E-state index is 2.27. The molecule has 0 atom stereocenters. The number of aryl methyl sites for hydroxylation is 2. The monoisotopic (exact) mass is 333 g/mol. The Bertz CT molecular complexity index is 256. The fraction of sp³-hybridized carbons (Fsp3) is 0.643. The zero-order valence-electron chi connectivity index (χ0n) is 10.6. The third-order valence-corrected chi connectivity index (χ3v) is 2.87. The molecule has 0 bridgehead atoms. The van der Waals surface area contributed by atoms with Crippen molar-refractivity contribution in [2.24, 2.45) is 7.05 Å². The summed E-state index contributed by atoms with van der Waals surface area (Å²) >= 11 is 0. The van der Waals surface area contributed by atoms with Crippen molar-refractivity contribution in [2.75, 3.05) is 0 Å². The van der Waals surface area contributed by atoms with Crippen LogP contribution in [0, 0.1) is 0 Å². The molecule has 1 aromatic rings. The molecule has 0 saturated carbocycles. The Morgan fingerprint density at radius 2 is 1.50 bits per heavy atom. The van der Waals surface area contributed by atoms with Crippen LogP contribution in [0.15, 0.2) is 24.5 Å². The van der Waals surface area contributed by atoms with E-state index in [1.54, 1.807) is 0 Å². The number of nitrogens with zero attached hydrogens (tertiary/aromatic N) is 1. The Labute approximate surface area is 117 Å². The minimum Gasteiger partial charge on any atom is -1.00 e. The maximum absolute atomic E-state index is 2.27. The van der Waals surface area contributed by atoms with E-state index in [9.17, 15) is 0 Å². The van der Waals surface area contributed by atoms with Crippen LogP contribution in [0.5, 0.6) is 0 Å². The van der Waals surface area contributed by atoms with Gasteiger partial charge in [-0.05, 0) is 18.4 Å². The van der Waals surface area contributed by atoms with Crippen molar-refractivity contribution in [3.05, 3.63) is 30.1 Å². The number of unbranched alkanes of at least 4 members (excludes halogenated alkanes) is 5. The SMILES string of the molecule is CCCCCCCCc1cc[n+](C)cc1.[I-]. The zero-order valence-corrected chi connectivity index (χ0v) is 12.7. The molecule has 1 rings (SSSR count). The van der Waals surface area contributed by atoms with Crippen molar-refractivity contribution in [1.29, 1.82) is 0 Å². The lowest BCUT2D eigenvalue weighted by Crippen LogP contribution is -3.00. The first-order chi connectivity index (χ1) is 7.33. The van der Waals surface area contributed by atoms with Crippen LogP contribution in [0.25, 0.3) is 0 Å². The van der Waals surface area contributed by atoms with Gasteiger partial charge in [-0.25, -0.2) is 4.57 Å². The minimum absolute atomic E-state index is 0. The fourth-order valence-electron chi connectivity index (χ4n) is 1.81. The second kappa shape index (κ2) is 10.1. The summed E-state index contributed by atoms with van der Waals surface area (Å²) < 4.78 is 2.09. The van der Waals surface area contributed by atoms with Gasteiger partial charge in [-0.1, -0.05) is 39.0 Å². The Hall–Kier alpha value is -0.120. The molecule has 1 aromatic heterocycles. The highest BCUT2D eigenvalue weighted by molar-refractivity contribution is 5.06. The molecule has 0 aliphatic carbocycles. The van der Waals surface area contributed by atoms with Gasteiger partial charge in [0.15, 0.2) is 12.4 Å². The molecular formula is C14H24IN. The van der Waals surface area contributed by atoms with E-state index >= 15 is 0 Å². The van der Waals surface area contributed by atoms with Gasteiger partial charge in [0.25, 0.3) is 0 Å². The van der Waals surface area contributed by atoms with Crippen LogP contribution >= 0.6 is 0 Å². The quantitative estimate of drug-likeness (QED) is 0.387. The van der Waals surface area contributed by atoms with Gasteiger partial charge < -0.3 is 24.0 Å². The second-order valence-electron chi connectivity index (χ2n) is 4.39. The van der Waals surface area contributed by atoms with E-state index in [4.69, 9.17) is 0 Å². The molecular weight excluding hydrogens is 309 g/mol. The molecule has 16 heavy (non-hydrogen) atoms. The molecule has 0 aliphatic rings. The molecule has 2 heteroatoms. The number of rotatable bonds is 7. The molecule has 0 aromatic carbocycles. The Morgan fingerprint density at radius 1 is 0.938 bits per heavy atom. The fourth-order valence-corrected chi connectivity index (χ4v) is 1.81. The minimum atomic E-state index is 0. The standard InChI is InChI=1S/C14H24N.HI/c1-3-4-5-6-7-8-9-14-10-12-15(2)13-11-14;/h10-13H,3-9H2,1-2H3;1H/q+1;/p-1. The highest BCUT2D eigenvalue weighted by Crippen LogP contribution is 2.08. The third-order valence-electron chi connectivity index (χ3n) is 2.87. The highest BCUT2D eigenvalue weighted by Gasteiger charge is 1.96. The van der Waals surface area contributed by atoms with E-state index in [-0.39, 0.29) is 24.0 Å². The van der Waals surface area contributed by atoms with Gasteiger partial charge in [-0.15, -0.1) is 0 Å². The van der Waals surface area contributed by atoms with Gasteiger partial charge in [-0.3, -0.25) is 0 Å². The summed E-state index contributed by atoms with van der Waals surface area (Å²) in [6.07, 6.45) is 13.8. The first-order valence-corrected chi connectivity index (χ1v) is 6.27. The maximum Gasteiger partial charge on any atom is 0.168 e. The summed E-state index contributed by atoms with van der Waals surface area (Å²) in [5, 5.41) is 0. The molecule has 0 aliphatic heterocycles. The first kappa shape index (κ1) is 15.9. The van der Waals surface area contributed by atoms with Gasteiger partial charge in [0, 0.05) is 12.1 Å². The van der Waals surface area contributed by atoms with E-state index < -0.39 is 0 Å². The van der Waals surface area contributed by atoms with Gasteiger partial charge in [-0.2, -0.15) is 0 Å². The van der Waals surface area contributed by atoms with E-state index in [1.165, 1.54) is 50.5 Å². The summed E-state index contributed by atoms with van der Waals surface area (Å²) in [5.41, 5.74) is 1.48. The van der Waals surface area contributed by atoms with Gasteiger partial charge in [0.05, 0.1) is 0 Å². The van der Waals surface area contributed by atoms with Crippen molar-refractivity contribution < 1.29 is 28.5 Å². The van der Waals surface area contributed by atoms with Crippen LogP contribution in [0.2, 0.25) is 0 Å². The van der Waals surface area contributed by atoms with Gasteiger partial charge in [0.2, 0.25) is 0 Å². The van der Waals surface area contributed by atoms with Crippen LogP contribution in [0.4, 0.5) is 0 Å². The Morgan fingerprint density at radius 3 is 2.12 bits per heavy atom. The van der Waals surface area contributed by atoms with Crippen LogP contribution in [0.3, 0.4) is 0 Å². The lowest BCUT2D eigenvalue weighted by Gasteiger charge is -2.00. The molecule has 0 fully saturated rings. The van der Waals surface area contributed by atoms with Crippen molar-refractivity contribution in [3.63, 3.8) is 0 Å². The molecule has 0 saturated heterocycles. The normalized spacial score (nSPS) is 9.88. The van der Waals surface area contributed by atoms with Crippen molar-refractivity contribution in [1.82, 2.24) is 0 Å². The predicted molar refractivity (Wildman–Crippen MR) is 64.7 cm³/mol. The number of halogens is 1. The number of hydrogen-bond acceptors (Lipinski definition) is 0. The molecule has 1 heterocycles. The molecule has 0 spiro atoms. The lowest BCUT2D eigenvalue weighted by molar-refractivity contribution is -0.671. The summed E-state index contributed by atoms with van der Waals surface area (Å²) in [7, 11) is 2.06. The van der Waals surface area contributed by atoms with Crippen LogP contribution in [-0.4, -0.2) is 0 Å². The van der Waals surface area contributed by atoms with Crippen molar-refractivity contribution in [2.45, 2.75) is 51.9 Å². The molecule has 0 unspecified atom stereocenters. The highest BCUT2D eigenvalue weighted by atomic mass is 127. The first-order valence-electron chi connectivity index (χ1n) is 6.27. The Balaban J connectivity index is 0.00000225. The molecule has 92 valence electrons. The number of hydrogen-bond donors (Lipinski definition) is 0. The third kappa shape index (κ3) is 7.20. The van der Waals surface area contributed by atoms with Crippen molar-refractivity contribution in [3.8, 4) is 0 Å². The van der Waals surface area contributed by atoms with Crippen LogP contribution in [-0.2, 0) is 13.5 Å². The van der Waals surface area contributed by atoms with Crippen LogP contribution in [0.1, 0.15) is 51.0 Å². The lowest BCUT2D eigenvalue weighted by atomic mass is 10.1. The van der Waals surface area contributed by atoms with E-state index in [1.807, 2.05) is 0 Å². The molecule has 1 nitrogen and oxygen atoms in total. The predicted octanol–water partition coefficient (Wildman–Crippen LogP) is 0.418. The smallest absolute Gasteiger partial charge is 0.168 e. The zero-order chi connectivity index (χ0) is 10.9.